The van der Waals surface area contributed by atoms with Gasteiger partial charge in [-0.1, -0.05) is 12.1 Å². The maximum atomic E-state index is 12.1. The van der Waals surface area contributed by atoms with Crippen molar-refractivity contribution in [3.63, 3.8) is 0 Å². The Labute approximate surface area is 141 Å². The van der Waals surface area contributed by atoms with Gasteiger partial charge in [-0.25, -0.2) is 4.79 Å². The minimum atomic E-state index is -0.233. The summed E-state index contributed by atoms with van der Waals surface area (Å²) >= 11 is 0. The Morgan fingerprint density at radius 2 is 2.25 bits per heavy atom. The lowest BCUT2D eigenvalue weighted by molar-refractivity contribution is 0.227. The van der Waals surface area contributed by atoms with Crippen LogP contribution < -0.4 is 15.4 Å². The van der Waals surface area contributed by atoms with Crippen molar-refractivity contribution in [1.29, 1.82) is 0 Å². The molecular formula is C17H23N5O2. The molecule has 1 aliphatic rings. The van der Waals surface area contributed by atoms with Crippen LogP contribution in [-0.2, 0) is 0 Å². The number of nitrogens with one attached hydrogen (secondary N) is 3. The fourth-order valence-electron chi connectivity index (χ4n) is 3.04. The number of amides is 2. The van der Waals surface area contributed by atoms with Crippen LogP contribution in [0.5, 0.6) is 5.75 Å². The summed E-state index contributed by atoms with van der Waals surface area (Å²) in [7, 11) is 1.67. The highest BCUT2D eigenvalue weighted by Gasteiger charge is 2.24. The van der Waals surface area contributed by atoms with E-state index in [2.05, 4.69) is 31.8 Å². The molecule has 0 spiro atoms. The molecule has 24 heavy (non-hydrogen) atoms. The third-order valence-corrected chi connectivity index (χ3v) is 4.27. The van der Waals surface area contributed by atoms with Gasteiger partial charge >= 0.3 is 6.03 Å². The second kappa shape index (κ2) is 7.83. The summed E-state index contributed by atoms with van der Waals surface area (Å²) in [5.41, 5.74) is 1.80. The van der Waals surface area contributed by atoms with Crippen molar-refractivity contribution >= 4 is 11.7 Å². The van der Waals surface area contributed by atoms with Crippen LogP contribution in [-0.4, -0.2) is 47.9 Å². The number of hydrogen-bond acceptors (Lipinski definition) is 4. The van der Waals surface area contributed by atoms with Crippen molar-refractivity contribution in [1.82, 2.24) is 20.4 Å². The molecule has 2 heterocycles. The van der Waals surface area contributed by atoms with E-state index in [0.717, 1.165) is 24.4 Å². The maximum absolute atomic E-state index is 12.1. The molecular weight excluding hydrogens is 306 g/mol. The molecule has 3 rings (SSSR count). The Morgan fingerprint density at radius 3 is 2.96 bits per heavy atom. The van der Waals surface area contributed by atoms with Gasteiger partial charge in [0.05, 0.1) is 25.0 Å². The minimum Gasteiger partial charge on any atom is -0.497 e. The van der Waals surface area contributed by atoms with Crippen LogP contribution in [0.15, 0.2) is 36.7 Å². The lowest BCUT2D eigenvalue weighted by atomic mass is 10.1. The molecule has 0 saturated carbocycles. The highest BCUT2D eigenvalue weighted by atomic mass is 16.5. The summed E-state index contributed by atoms with van der Waals surface area (Å²) in [5.74, 6) is 0.833. The molecule has 1 aliphatic heterocycles. The highest BCUT2D eigenvalue weighted by molar-refractivity contribution is 5.88. The largest absolute Gasteiger partial charge is 0.497 e. The van der Waals surface area contributed by atoms with Gasteiger partial charge in [0.2, 0.25) is 0 Å². The van der Waals surface area contributed by atoms with E-state index >= 15 is 0 Å². The van der Waals surface area contributed by atoms with E-state index in [0.29, 0.717) is 12.2 Å². The van der Waals surface area contributed by atoms with E-state index in [4.69, 9.17) is 4.74 Å². The van der Waals surface area contributed by atoms with Crippen molar-refractivity contribution in [3.05, 3.63) is 42.2 Å². The number of likely N-dealkylation sites (tertiary alicyclic amines) is 1. The molecule has 1 fully saturated rings. The second-order valence-electron chi connectivity index (χ2n) is 5.86. The van der Waals surface area contributed by atoms with Gasteiger partial charge in [0.1, 0.15) is 5.75 Å². The van der Waals surface area contributed by atoms with Crippen LogP contribution in [0.3, 0.4) is 0 Å². The Kier molecular flexibility index (Phi) is 5.32. The molecule has 7 heteroatoms. The second-order valence-corrected chi connectivity index (χ2v) is 5.86. The lowest BCUT2D eigenvalue weighted by Crippen LogP contribution is -2.38. The first-order valence-corrected chi connectivity index (χ1v) is 8.18. The number of anilines is 1. The number of rotatable bonds is 6. The quantitative estimate of drug-likeness (QED) is 0.760. The summed E-state index contributed by atoms with van der Waals surface area (Å²) in [6, 6.07) is 7.95. The smallest absolute Gasteiger partial charge is 0.319 e. The van der Waals surface area contributed by atoms with Crippen molar-refractivity contribution < 1.29 is 9.53 Å². The van der Waals surface area contributed by atoms with E-state index in [-0.39, 0.29) is 12.1 Å². The predicted octanol–water partition coefficient (Wildman–Crippen LogP) is 2.38. The zero-order chi connectivity index (χ0) is 16.8. The number of ether oxygens (including phenoxy) is 1. The molecule has 1 unspecified atom stereocenters. The van der Waals surface area contributed by atoms with Crippen molar-refractivity contribution in [2.45, 2.75) is 18.9 Å². The Balaban J connectivity index is 1.66. The number of aromatic amines is 1. The van der Waals surface area contributed by atoms with E-state index in [1.807, 2.05) is 18.2 Å². The van der Waals surface area contributed by atoms with Crippen LogP contribution in [0.4, 0.5) is 10.5 Å². The van der Waals surface area contributed by atoms with E-state index < -0.39 is 0 Å². The number of carbonyl (C=O) groups is 1. The first-order chi connectivity index (χ1) is 11.8. The monoisotopic (exact) mass is 329 g/mol. The lowest BCUT2D eigenvalue weighted by Gasteiger charge is -2.28. The van der Waals surface area contributed by atoms with Crippen molar-refractivity contribution in [2.75, 3.05) is 32.1 Å². The highest BCUT2D eigenvalue weighted by Crippen LogP contribution is 2.27. The molecule has 0 radical (unpaired) electrons. The van der Waals surface area contributed by atoms with Gasteiger partial charge in [0.15, 0.2) is 0 Å². The van der Waals surface area contributed by atoms with Gasteiger partial charge in [0.25, 0.3) is 0 Å². The Bertz CT molecular complexity index is 653. The fraction of sp³-hybridized carbons (Fsp3) is 0.412. The summed E-state index contributed by atoms with van der Waals surface area (Å²) in [6.45, 7) is 2.64. The number of carbonyl (C=O) groups excluding carboxylic acids is 1. The van der Waals surface area contributed by atoms with Gasteiger partial charge in [-0.3, -0.25) is 10.00 Å². The average Bonchev–Trinajstić information content (AvgIpc) is 3.29. The van der Waals surface area contributed by atoms with Gasteiger partial charge in [-0.15, -0.1) is 0 Å². The summed E-state index contributed by atoms with van der Waals surface area (Å²) < 4.78 is 5.33. The molecule has 2 amide bonds. The normalized spacial score (nSPS) is 15.9. The topological polar surface area (TPSA) is 82.3 Å². The molecule has 0 aliphatic carbocycles. The standard InChI is InChI=1S/C17H23N5O2/c1-24-15-6-4-5-13(9-15)16(22-7-2-3-8-22)12-18-17(23)21-14-10-19-20-11-14/h4-6,9-11,16H,2-3,7-8,12H2,1H3,(H,19,20)(H2,18,21,23). The summed E-state index contributed by atoms with van der Waals surface area (Å²) in [6.07, 6.45) is 5.60. The zero-order valence-electron chi connectivity index (χ0n) is 13.8. The van der Waals surface area contributed by atoms with E-state index in [1.165, 1.54) is 12.8 Å². The molecule has 1 saturated heterocycles. The number of hydrogen-bond donors (Lipinski definition) is 3. The van der Waals surface area contributed by atoms with Crippen molar-refractivity contribution in [3.8, 4) is 5.75 Å². The number of benzene rings is 1. The van der Waals surface area contributed by atoms with Crippen molar-refractivity contribution in [2.24, 2.45) is 0 Å². The number of H-pyrrole nitrogens is 1. The molecule has 1 aromatic heterocycles. The molecule has 7 nitrogen and oxygen atoms in total. The Hall–Kier alpha value is -2.54. The van der Waals surface area contributed by atoms with Crippen LogP contribution in [0.1, 0.15) is 24.4 Å². The molecule has 3 N–H and O–H groups in total. The van der Waals surface area contributed by atoms with E-state index in [9.17, 15) is 4.79 Å². The average molecular weight is 329 g/mol. The maximum Gasteiger partial charge on any atom is 0.319 e. The predicted molar refractivity (Wildman–Crippen MR) is 92.2 cm³/mol. The third kappa shape index (κ3) is 4.05. The molecule has 128 valence electrons. The molecule has 1 atom stereocenters. The minimum absolute atomic E-state index is 0.137. The molecule has 1 aromatic carbocycles. The first-order valence-electron chi connectivity index (χ1n) is 8.18. The third-order valence-electron chi connectivity index (χ3n) is 4.27. The summed E-state index contributed by atoms with van der Waals surface area (Å²) in [4.78, 5) is 14.5. The van der Waals surface area contributed by atoms with Gasteiger partial charge in [0, 0.05) is 12.7 Å². The van der Waals surface area contributed by atoms with Crippen LogP contribution in [0, 0.1) is 0 Å². The van der Waals surface area contributed by atoms with Crippen LogP contribution >= 0.6 is 0 Å². The number of urea groups is 1. The molecule has 2 aromatic rings. The number of methoxy groups -OCH3 is 1. The van der Waals surface area contributed by atoms with E-state index in [1.54, 1.807) is 19.5 Å². The Morgan fingerprint density at radius 1 is 1.42 bits per heavy atom. The van der Waals surface area contributed by atoms with Gasteiger partial charge < -0.3 is 15.4 Å². The summed E-state index contributed by atoms with van der Waals surface area (Å²) in [5, 5.41) is 12.2. The van der Waals surface area contributed by atoms with Gasteiger partial charge in [-0.05, 0) is 43.6 Å². The number of nitrogens with zero attached hydrogens (tertiary/aromatic N) is 2. The number of aromatic nitrogens is 2. The van der Waals surface area contributed by atoms with Crippen LogP contribution in [0.25, 0.3) is 0 Å². The zero-order valence-corrected chi connectivity index (χ0v) is 13.8. The fourth-order valence-corrected chi connectivity index (χ4v) is 3.04. The molecule has 0 bridgehead atoms. The SMILES string of the molecule is COc1cccc(C(CNC(=O)Nc2cn[nH]c2)N2CCCC2)c1. The van der Waals surface area contributed by atoms with Gasteiger partial charge in [-0.2, -0.15) is 5.10 Å². The van der Waals surface area contributed by atoms with Crippen LogP contribution in [0.2, 0.25) is 0 Å². The first kappa shape index (κ1) is 16.3.